The minimum Gasteiger partial charge on any atom is -0.493 e. The first kappa shape index (κ1) is 13.5. The van der Waals surface area contributed by atoms with Crippen molar-refractivity contribution in [3.8, 4) is 5.75 Å². The second kappa shape index (κ2) is 5.51. The third kappa shape index (κ3) is 2.58. The first-order valence-corrected chi connectivity index (χ1v) is 7.90. The molecular formula is C15H11Cl2IO. The molecule has 1 atom stereocenters. The highest BCUT2D eigenvalue weighted by Crippen LogP contribution is 2.42. The summed E-state index contributed by atoms with van der Waals surface area (Å²) in [5.41, 5.74) is 3.20. The number of alkyl halides is 1. The van der Waals surface area contributed by atoms with Gasteiger partial charge in [-0.1, -0.05) is 29.8 Å². The van der Waals surface area contributed by atoms with Gasteiger partial charge in [-0.15, -0.1) is 11.6 Å². The minimum atomic E-state index is -0.237. The van der Waals surface area contributed by atoms with Crippen molar-refractivity contribution in [1.82, 2.24) is 0 Å². The Morgan fingerprint density at radius 2 is 1.95 bits per heavy atom. The van der Waals surface area contributed by atoms with Crippen molar-refractivity contribution >= 4 is 45.8 Å². The fourth-order valence-corrected chi connectivity index (χ4v) is 3.82. The van der Waals surface area contributed by atoms with Crippen LogP contribution < -0.4 is 4.74 Å². The van der Waals surface area contributed by atoms with Gasteiger partial charge in [0.1, 0.15) is 5.75 Å². The number of fused-ring (bicyclic) bond motifs is 1. The number of halogens is 3. The summed E-state index contributed by atoms with van der Waals surface area (Å²) in [4.78, 5) is 0. The van der Waals surface area contributed by atoms with E-state index in [1.165, 1.54) is 0 Å². The molecule has 0 fully saturated rings. The van der Waals surface area contributed by atoms with Gasteiger partial charge in [0.2, 0.25) is 0 Å². The van der Waals surface area contributed by atoms with Crippen molar-refractivity contribution in [2.45, 2.75) is 11.8 Å². The van der Waals surface area contributed by atoms with E-state index in [1.54, 1.807) is 0 Å². The van der Waals surface area contributed by atoms with E-state index in [1.807, 2.05) is 30.3 Å². The summed E-state index contributed by atoms with van der Waals surface area (Å²) in [6, 6.07) is 12.0. The molecule has 98 valence electrons. The zero-order valence-electron chi connectivity index (χ0n) is 10.00. The molecule has 0 bridgehead atoms. The summed E-state index contributed by atoms with van der Waals surface area (Å²) in [5, 5.41) is 0.481. The Balaban J connectivity index is 2.10. The molecule has 2 aromatic carbocycles. The van der Waals surface area contributed by atoms with Crippen molar-refractivity contribution in [3.63, 3.8) is 0 Å². The van der Waals surface area contributed by atoms with Gasteiger partial charge in [0.05, 0.1) is 12.0 Å². The second-order valence-electron chi connectivity index (χ2n) is 4.47. The van der Waals surface area contributed by atoms with Gasteiger partial charge < -0.3 is 4.74 Å². The van der Waals surface area contributed by atoms with Gasteiger partial charge in [-0.3, -0.25) is 0 Å². The van der Waals surface area contributed by atoms with Crippen molar-refractivity contribution in [2.24, 2.45) is 0 Å². The summed E-state index contributed by atoms with van der Waals surface area (Å²) in [7, 11) is 0. The predicted octanol–water partition coefficient (Wildman–Crippen LogP) is 5.21. The maximum absolute atomic E-state index is 6.65. The molecule has 1 aliphatic heterocycles. The van der Waals surface area contributed by atoms with Crippen LogP contribution in [0, 0.1) is 3.57 Å². The zero-order chi connectivity index (χ0) is 13.4. The Kier molecular flexibility index (Phi) is 3.92. The van der Waals surface area contributed by atoms with Crippen LogP contribution in [0.4, 0.5) is 0 Å². The lowest BCUT2D eigenvalue weighted by molar-refractivity contribution is 0.353. The van der Waals surface area contributed by atoms with E-state index in [-0.39, 0.29) is 5.38 Å². The third-order valence-electron chi connectivity index (χ3n) is 3.23. The van der Waals surface area contributed by atoms with Gasteiger partial charge in [0.15, 0.2) is 0 Å². The summed E-state index contributed by atoms with van der Waals surface area (Å²) < 4.78 is 6.87. The van der Waals surface area contributed by atoms with E-state index >= 15 is 0 Å². The molecule has 4 heteroatoms. The van der Waals surface area contributed by atoms with Crippen LogP contribution in [0.2, 0.25) is 5.02 Å². The van der Waals surface area contributed by atoms with Crippen LogP contribution in [0.15, 0.2) is 36.4 Å². The highest BCUT2D eigenvalue weighted by atomic mass is 127. The molecule has 1 heterocycles. The Bertz CT molecular complexity index is 628. The molecule has 1 aliphatic rings. The smallest absolute Gasteiger partial charge is 0.127 e. The molecular weight excluding hydrogens is 394 g/mol. The lowest BCUT2D eigenvalue weighted by Crippen LogP contribution is -1.99. The van der Waals surface area contributed by atoms with Crippen molar-refractivity contribution < 1.29 is 4.74 Å². The topological polar surface area (TPSA) is 9.23 Å². The normalized spacial score (nSPS) is 14.9. The van der Waals surface area contributed by atoms with Crippen LogP contribution in [0.25, 0.3) is 0 Å². The highest BCUT2D eigenvalue weighted by molar-refractivity contribution is 14.1. The van der Waals surface area contributed by atoms with Gasteiger partial charge >= 0.3 is 0 Å². The van der Waals surface area contributed by atoms with E-state index in [0.717, 1.165) is 37.5 Å². The molecule has 0 N–H and O–H groups in total. The van der Waals surface area contributed by atoms with Crippen molar-refractivity contribution in [1.29, 1.82) is 0 Å². The number of hydrogen-bond acceptors (Lipinski definition) is 1. The lowest BCUT2D eigenvalue weighted by atomic mass is 10.0. The zero-order valence-corrected chi connectivity index (χ0v) is 13.7. The van der Waals surface area contributed by atoms with Gasteiger partial charge in [0.25, 0.3) is 0 Å². The van der Waals surface area contributed by atoms with Crippen LogP contribution >= 0.6 is 45.8 Å². The lowest BCUT2D eigenvalue weighted by Gasteiger charge is -2.16. The largest absolute Gasteiger partial charge is 0.493 e. The molecule has 1 nitrogen and oxygen atoms in total. The monoisotopic (exact) mass is 404 g/mol. The minimum absolute atomic E-state index is 0.237. The van der Waals surface area contributed by atoms with Gasteiger partial charge in [-0.05, 0) is 51.9 Å². The molecule has 3 rings (SSSR count). The van der Waals surface area contributed by atoms with Crippen LogP contribution in [0.1, 0.15) is 22.1 Å². The molecule has 0 aromatic heterocycles. The fourth-order valence-electron chi connectivity index (χ4n) is 2.33. The Morgan fingerprint density at radius 3 is 2.74 bits per heavy atom. The van der Waals surface area contributed by atoms with Gasteiger partial charge in [-0.2, -0.15) is 0 Å². The van der Waals surface area contributed by atoms with Crippen molar-refractivity contribution in [2.75, 3.05) is 6.61 Å². The predicted molar refractivity (Wildman–Crippen MR) is 87.5 cm³/mol. The van der Waals surface area contributed by atoms with E-state index in [2.05, 4.69) is 28.7 Å². The molecule has 0 aliphatic carbocycles. The maximum atomic E-state index is 6.65. The molecule has 2 aromatic rings. The Hall–Kier alpha value is -0.450. The standard InChI is InChI=1S/C15H11Cl2IO/c16-10-7-9-5-6-19-15(9)12(8-10)14(17)11-3-1-2-4-13(11)18/h1-4,7-8,14H,5-6H2. The van der Waals surface area contributed by atoms with E-state index < -0.39 is 0 Å². The molecule has 0 radical (unpaired) electrons. The quantitative estimate of drug-likeness (QED) is 0.493. The maximum Gasteiger partial charge on any atom is 0.127 e. The summed E-state index contributed by atoms with van der Waals surface area (Å²) >= 11 is 15.1. The molecule has 19 heavy (non-hydrogen) atoms. The number of benzene rings is 2. The van der Waals surface area contributed by atoms with Crippen LogP contribution in [0.5, 0.6) is 5.75 Å². The molecule has 0 saturated carbocycles. The summed E-state index contributed by atoms with van der Waals surface area (Å²) in [6.45, 7) is 0.707. The number of hydrogen-bond donors (Lipinski definition) is 0. The fraction of sp³-hybridized carbons (Fsp3) is 0.200. The van der Waals surface area contributed by atoms with Gasteiger partial charge in [0, 0.05) is 20.6 Å². The first-order chi connectivity index (χ1) is 9.16. The number of ether oxygens (including phenoxy) is 1. The van der Waals surface area contributed by atoms with Crippen LogP contribution in [-0.4, -0.2) is 6.61 Å². The van der Waals surface area contributed by atoms with Crippen molar-refractivity contribution in [3.05, 3.63) is 61.7 Å². The van der Waals surface area contributed by atoms with Crippen LogP contribution in [-0.2, 0) is 6.42 Å². The first-order valence-electron chi connectivity index (χ1n) is 6.00. The highest BCUT2D eigenvalue weighted by Gasteiger charge is 2.24. The average molecular weight is 405 g/mol. The van der Waals surface area contributed by atoms with E-state index in [0.29, 0.717) is 6.61 Å². The third-order valence-corrected chi connectivity index (χ3v) is 4.90. The molecule has 0 saturated heterocycles. The second-order valence-corrected chi connectivity index (χ2v) is 6.50. The SMILES string of the molecule is Clc1cc2c(c(C(Cl)c3ccccc3I)c1)OCC2. The van der Waals surface area contributed by atoms with E-state index in [4.69, 9.17) is 27.9 Å². The number of rotatable bonds is 2. The summed E-state index contributed by atoms with van der Waals surface area (Å²) in [5.74, 6) is 0.907. The van der Waals surface area contributed by atoms with Gasteiger partial charge in [-0.25, -0.2) is 0 Å². The Labute approximate surface area is 136 Å². The molecule has 1 unspecified atom stereocenters. The van der Waals surface area contributed by atoms with E-state index in [9.17, 15) is 0 Å². The van der Waals surface area contributed by atoms with Crippen LogP contribution in [0.3, 0.4) is 0 Å². The Morgan fingerprint density at radius 1 is 1.16 bits per heavy atom. The molecule has 0 spiro atoms. The summed E-state index contributed by atoms with van der Waals surface area (Å²) in [6.07, 6.45) is 0.901. The molecule has 0 amide bonds. The average Bonchev–Trinajstić information content (AvgIpc) is 2.85.